The van der Waals surface area contributed by atoms with E-state index < -0.39 is 5.91 Å². The SMILES string of the molecule is C=CCOc1ccc(C(=O)N/N=C/c2ccc(OCC(=O)Nc3ccc(C)c(Cl)c3)c(OCC)c2)cc1OCC. The first-order valence-electron chi connectivity index (χ1n) is 12.6. The van der Waals surface area contributed by atoms with Crippen molar-refractivity contribution in [2.75, 3.05) is 31.7 Å². The van der Waals surface area contributed by atoms with E-state index in [0.29, 0.717) is 64.7 Å². The molecule has 10 heteroatoms. The molecule has 40 heavy (non-hydrogen) atoms. The van der Waals surface area contributed by atoms with Gasteiger partial charge in [-0.15, -0.1) is 0 Å². The summed E-state index contributed by atoms with van der Waals surface area (Å²) in [6, 6.07) is 15.2. The molecule has 0 fully saturated rings. The molecule has 0 aliphatic carbocycles. The maximum absolute atomic E-state index is 12.6. The number of aryl methyl sites for hydroxylation is 1. The van der Waals surface area contributed by atoms with Gasteiger partial charge >= 0.3 is 0 Å². The van der Waals surface area contributed by atoms with Crippen LogP contribution in [0.2, 0.25) is 5.02 Å². The highest BCUT2D eigenvalue weighted by Crippen LogP contribution is 2.29. The molecule has 0 aliphatic rings. The molecule has 0 atom stereocenters. The summed E-state index contributed by atoms with van der Waals surface area (Å²) in [7, 11) is 0. The van der Waals surface area contributed by atoms with E-state index in [1.165, 1.54) is 6.21 Å². The van der Waals surface area contributed by atoms with Gasteiger partial charge in [-0.05, 0) is 80.4 Å². The van der Waals surface area contributed by atoms with Crippen molar-refractivity contribution in [3.63, 3.8) is 0 Å². The van der Waals surface area contributed by atoms with Crippen LogP contribution in [0.4, 0.5) is 5.69 Å². The normalized spacial score (nSPS) is 10.6. The van der Waals surface area contributed by atoms with Crippen LogP contribution in [0.25, 0.3) is 0 Å². The quantitative estimate of drug-likeness (QED) is 0.145. The second-order valence-electron chi connectivity index (χ2n) is 8.33. The molecular weight excluding hydrogens is 534 g/mol. The Balaban J connectivity index is 1.61. The number of benzene rings is 3. The molecule has 9 nitrogen and oxygen atoms in total. The maximum atomic E-state index is 12.6. The molecule has 0 aliphatic heterocycles. The second-order valence-corrected chi connectivity index (χ2v) is 8.74. The average Bonchev–Trinajstić information content (AvgIpc) is 2.94. The van der Waals surface area contributed by atoms with Gasteiger partial charge in [0.05, 0.1) is 19.4 Å². The monoisotopic (exact) mass is 565 g/mol. The topological polar surface area (TPSA) is 107 Å². The van der Waals surface area contributed by atoms with Gasteiger partial charge in [-0.2, -0.15) is 5.10 Å². The predicted octanol–water partition coefficient (Wildman–Crippen LogP) is 5.79. The van der Waals surface area contributed by atoms with E-state index in [-0.39, 0.29) is 12.5 Å². The number of ether oxygens (including phenoxy) is 4. The fraction of sp³-hybridized carbons (Fsp3) is 0.233. The lowest BCUT2D eigenvalue weighted by Gasteiger charge is -2.13. The number of nitrogens with one attached hydrogen (secondary N) is 2. The molecule has 0 saturated heterocycles. The molecule has 2 amide bonds. The first-order valence-corrected chi connectivity index (χ1v) is 13.0. The van der Waals surface area contributed by atoms with E-state index in [1.807, 2.05) is 26.8 Å². The van der Waals surface area contributed by atoms with E-state index in [1.54, 1.807) is 54.6 Å². The Morgan fingerprint density at radius 2 is 1.60 bits per heavy atom. The molecule has 0 aromatic heterocycles. The van der Waals surface area contributed by atoms with Crippen LogP contribution in [0.3, 0.4) is 0 Å². The Morgan fingerprint density at radius 3 is 2.30 bits per heavy atom. The number of halogens is 1. The van der Waals surface area contributed by atoms with Crippen molar-refractivity contribution >= 4 is 35.3 Å². The first kappa shape index (κ1) is 30.0. The first-order chi connectivity index (χ1) is 19.3. The van der Waals surface area contributed by atoms with Crippen molar-refractivity contribution in [3.05, 3.63) is 89.0 Å². The van der Waals surface area contributed by atoms with E-state index in [2.05, 4.69) is 22.4 Å². The minimum absolute atomic E-state index is 0.226. The van der Waals surface area contributed by atoms with Gasteiger partial charge in [-0.1, -0.05) is 30.3 Å². The third-order valence-corrected chi connectivity index (χ3v) is 5.73. The number of hydrogen-bond acceptors (Lipinski definition) is 7. The molecule has 0 radical (unpaired) electrons. The summed E-state index contributed by atoms with van der Waals surface area (Å²) >= 11 is 6.12. The van der Waals surface area contributed by atoms with Crippen molar-refractivity contribution in [2.24, 2.45) is 5.10 Å². The summed E-state index contributed by atoms with van der Waals surface area (Å²) in [5, 5.41) is 7.36. The summed E-state index contributed by atoms with van der Waals surface area (Å²) in [4.78, 5) is 25.0. The fourth-order valence-electron chi connectivity index (χ4n) is 3.42. The van der Waals surface area contributed by atoms with Crippen LogP contribution in [-0.4, -0.2) is 44.5 Å². The van der Waals surface area contributed by atoms with Crippen LogP contribution in [-0.2, 0) is 4.79 Å². The summed E-state index contributed by atoms with van der Waals surface area (Å²) in [6.45, 7) is 10.1. The van der Waals surface area contributed by atoms with Crippen LogP contribution in [0.5, 0.6) is 23.0 Å². The summed E-state index contributed by atoms with van der Waals surface area (Å²) in [6.07, 6.45) is 3.10. The molecule has 0 spiro atoms. The van der Waals surface area contributed by atoms with Crippen LogP contribution in [0, 0.1) is 6.92 Å². The lowest BCUT2D eigenvalue weighted by atomic mass is 10.2. The zero-order valence-corrected chi connectivity index (χ0v) is 23.4. The Hall–Kier alpha value is -4.50. The Kier molecular flexibility index (Phi) is 11.4. The summed E-state index contributed by atoms with van der Waals surface area (Å²) in [5.74, 6) is 1.03. The molecule has 0 unspecified atom stereocenters. The molecule has 0 bridgehead atoms. The molecular formula is C30H32ClN3O6. The average molecular weight is 566 g/mol. The van der Waals surface area contributed by atoms with Crippen molar-refractivity contribution in [2.45, 2.75) is 20.8 Å². The number of nitrogens with zero attached hydrogens (tertiary/aromatic N) is 1. The molecule has 3 aromatic carbocycles. The van der Waals surface area contributed by atoms with E-state index in [4.69, 9.17) is 30.5 Å². The molecule has 3 rings (SSSR count). The zero-order chi connectivity index (χ0) is 28.9. The van der Waals surface area contributed by atoms with Gasteiger partial charge in [-0.25, -0.2) is 5.43 Å². The van der Waals surface area contributed by atoms with Crippen molar-refractivity contribution < 1.29 is 28.5 Å². The highest BCUT2D eigenvalue weighted by Gasteiger charge is 2.12. The van der Waals surface area contributed by atoms with Crippen LogP contribution < -0.4 is 29.7 Å². The Morgan fingerprint density at radius 1 is 0.900 bits per heavy atom. The summed E-state index contributed by atoms with van der Waals surface area (Å²) in [5.41, 5.74) is 5.00. The molecule has 0 heterocycles. The predicted molar refractivity (Wildman–Crippen MR) is 156 cm³/mol. The van der Waals surface area contributed by atoms with Gasteiger partial charge in [0.25, 0.3) is 11.8 Å². The molecule has 2 N–H and O–H groups in total. The van der Waals surface area contributed by atoms with Crippen LogP contribution in [0.15, 0.2) is 72.4 Å². The minimum Gasteiger partial charge on any atom is -0.490 e. The molecule has 0 saturated carbocycles. The van der Waals surface area contributed by atoms with Crippen molar-refractivity contribution in [1.29, 1.82) is 0 Å². The summed E-state index contributed by atoms with van der Waals surface area (Å²) < 4.78 is 22.5. The van der Waals surface area contributed by atoms with Crippen LogP contribution >= 0.6 is 11.6 Å². The van der Waals surface area contributed by atoms with E-state index >= 15 is 0 Å². The smallest absolute Gasteiger partial charge is 0.271 e. The highest BCUT2D eigenvalue weighted by molar-refractivity contribution is 6.31. The number of amides is 2. The Bertz CT molecular complexity index is 1380. The maximum Gasteiger partial charge on any atom is 0.271 e. The van der Waals surface area contributed by atoms with Gasteiger partial charge < -0.3 is 24.3 Å². The fourth-order valence-corrected chi connectivity index (χ4v) is 3.60. The van der Waals surface area contributed by atoms with E-state index in [9.17, 15) is 9.59 Å². The van der Waals surface area contributed by atoms with E-state index in [0.717, 1.165) is 5.56 Å². The molecule has 210 valence electrons. The number of rotatable bonds is 14. The minimum atomic E-state index is -0.418. The van der Waals surface area contributed by atoms with Crippen LogP contribution in [0.1, 0.15) is 35.3 Å². The lowest BCUT2D eigenvalue weighted by Crippen LogP contribution is -2.20. The lowest BCUT2D eigenvalue weighted by molar-refractivity contribution is -0.118. The third kappa shape index (κ3) is 8.78. The van der Waals surface area contributed by atoms with Gasteiger partial charge in [0.2, 0.25) is 0 Å². The van der Waals surface area contributed by atoms with Crippen molar-refractivity contribution in [3.8, 4) is 23.0 Å². The second kappa shape index (κ2) is 15.2. The number of anilines is 1. The standard InChI is InChI=1S/C30H32ClN3O6/c1-5-14-39-25-13-10-22(16-28(25)38-7-3)30(36)34-32-18-21-9-12-26(27(15-21)37-6-2)40-19-29(35)33-23-11-8-20(4)24(31)17-23/h5,8-13,15-18H,1,6-7,14,19H2,2-4H3,(H,33,35)(H,34,36)/b32-18+. The number of hydrazone groups is 1. The molecule has 3 aromatic rings. The van der Waals surface area contributed by atoms with Gasteiger partial charge in [0.1, 0.15) is 6.61 Å². The van der Waals surface area contributed by atoms with Gasteiger partial charge in [0, 0.05) is 16.3 Å². The number of hydrogen-bond donors (Lipinski definition) is 2. The largest absolute Gasteiger partial charge is 0.490 e. The third-order valence-electron chi connectivity index (χ3n) is 5.32. The van der Waals surface area contributed by atoms with Gasteiger partial charge in [0.15, 0.2) is 29.6 Å². The Labute approximate surface area is 238 Å². The number of carbonyl (C=O) groups excluding carboxylic acids is 2. The zero-order valence-electron chi connectivity index (χ0n) is 22.7. The van der Waals surface area contributed by atoms with Crippen molar-refractivity contribution in [1.82, 2.24) is 5.43 Å². The van der Waals surface area contributed by atoms with Gasteiger partial charge in [-0.3, -0.25) is 9.59 Å². The number of carbonyl (C=O) groups is 2. The highest BCUT2D eigenvalue weighted by atomic mass is 35.5.